The molecule has 2 saturated heterocycles. The van der Waals surface area contributed by atoms with Crippen LogP contribution in [0.4, 0.5) is 10.1 Å². The summed E-state index contributed by atoms with van der Waals surface area (Å²) in [4.78, 5) is 17.1. The van der Waals surface area contributed by atoms with Crippen LogP contribution in [0.2, 0.25) is 0 Å². The molecule has 2 fully saturated rings. The Kier molecular flexibility index (Phi) is 5.90. The van der Waals surface area contributed by atoms with Crippen molar-refractivity contribution in [3.8, 4) is 0 Å². The highest BCUT2D eigenvalue weighted by molar-refractivity contribution is 5.76. The van der Waals surface area contributed by atoms with Crippen LogP contribution < -0.4 is 10.2 Å². The average Bonchev–Trinajstić information content (AvgIpc) is 3.03. The minimum Gasteiger partial charge on any atom is -0.370 e. The third-order valence-corrected chi connectivity index (χ3v) is 5.79. The van der Waals surface area contributed by atoms with E-state index in [-0.39, 0.29) is 11.7 Å². The van der Waals surface area contributed by atoms with Crippen molar-refractivity contribution in [3.05, 3.63) is 48.0 Å². The van der Waals surface area contributed by atoms with Gasteiger partial charge in [-0.15, -0.1) is 0 Å². The predicted octanol–water partition coefficient (Wildman–Crippen LogP) is 2.23. The van der Waals surface area contributed by atoms with Crippen molar-refractivity contribution in [1.29, 1.82) is 0 Å². The molecule has 1 unspecified atom stereocenters. The highest BCUT2D eigenvalue weighted by Crippen LogP contribution is 2.23. The molecule has 3 heterocycles. The fourth-order valence-corrected chi connectivity index (χ4v) is 4.23. The van der Waals surface area contributed by atoms with Crippen molar-refractivity contribution in [2.24, 2.45) is 0 Å². The van der Waals surface area contributed by atoms with Gasteiger partial charge in [-0.3, -0.25) is 9.48 Å². The summed E-state index contributed by atoms with van der Waals surface area (Å²) in [6.45, 7) is 5.38. The van der Waals surface area contributed by atoms with Crippen LogP contribution in [0.3, 0.4) is 0 Å². The lowest BCUT2D eigenvalue weighted by Crippen LogP contribution is -2.38. The number of hydrogen-bond donors (Lipinski definition) is 1. The third-order valence-electron chi connectivity index (χ3n) is 5.79. The van der Waals surface area contributed by atoms with Gasteiger partial charge in [-0.2, -0.15) is 5.10 Å². The Hall–Kier alpha value is -2.41. The van der Waals surface area contributed by atoms with Gasteiger partial charge in [0.05, 0.1) is 0 Å². The van der Waals surface area contributed by atoms with Crippen LogP contribution in [-0.2, 0) is 11.3 Å². The van der Waals surface area contributed by atoms with E-state index >= 15 is 0 Å². The lowest BCUT2D eigenvalue weighted by atomic mass is 9.96. The van der Waals surface area contributed by atoms with E-state index in [0.29, 0.717) is 19.0 Å². The number of aromatic nitrogens is 2. The largest absolute Gasteiger partial charge is 0.370 e. The van der Waals surface area contributed by atoms with Crippen molar-refractivity contribution in [2.45, 2.75) is 31.7 Å². The highest BCUT2D eigenvalue weighted by Gasteiger charge is 2.23. The van der Waals surface area contributed by atoms with E-state index in [2.05, 4.69) is 15.3 Å². The molecule has 6 nitrogen and oxygen atoms in total. The molecular weight excluding hydrogens is 357 g/mol. The average molecular weight is 385 g/mol. The lowest BCUT2D eigenvalue weighted by Gasteiger charge is -2.25. The van der Waals surface area contributed by atoms with E-state index in [1.165, 1.54) is 12.1 Å². The summed E-state index contributed by atoms with van der Waals surface area (Å²) in [5, 5.41) is 7.85. The molecule has 0 radical (unpaired) electrons. The molecule has 2 aromatic rings. The number of benzene rings is 1. The van der Waals surface area contributed by atoms with Gasteiger partial charge >= 0.3 is 0 Å². The number of halogens is 1. The van der Waals surface area contributed by atoms with E-state index < -0.39 is 0 Å². The second-order valence-corrected chi connectivity index (χ2v) is 7.65. The Morgan fingerprint density at radius 3 is 2.75 bits per heavy atom. The van der Waals surface area contributed by atoms with E-state index in [1.54, 1.807) is 18.3 Å². The van der Waals surface area contributed by atoms with Gasteiger partial charge in [0, 0.05) is 56.2 Å². The van der Waals surface area contributed by atoms with Crippen LogP contribution in [0.5, 0.6) is 0 Å². The van der Waals surface area contributed by atoms with Crippen molar-refractivity contribution in [2.75, 3.05) is 44.2 Å². The minimum atomic E-state index is -0.224. The van der Waals surface area contributed by atoms with Gasteiger partial charge in [-0.1, -0.05) is 0 Å². The van der Waals surface area contributed by atoms with Crippen LogP contribution in [-0.4, -0.2) is 59.9 Å². The van der Waals surface area contributed by atoms with Gasteiger partial charge in [-0.25, -0.2) is 4.39 Å². The minimum absolute atomic E-state index is 0.120. The number of amides is 1. The SMILES string of the molecule is O=C(Cn1nccc1C1CCCNC1)N1CCCN(c2ccc(F)cc2)CC1. The number of carbonyl (C=O) groups excluding carboxylic acids is 1. The Balaban J connectivity index is 1.37. The van der Waals surface area contributed by atoms with Gasteiger partial charge in [0.15, 0.2) is 0 Å². The molecule has 0 aliphatic carbocycles. The van der Waals surface area contributed by atoms with Crippen molar-refractivity contribution in [1.82, 2.24) is 20.0 Å². The van der Waals surface area contributed by atoms with E-state index in [0.717, 1.165) is 63.4 Å². The second kappa shape index (κ2) is 8.73. The maximum atomic E-state index is 13.2. The molecule has 2 aliphatic rings. The molecule has 7 heteroatoms. The number of anilines is 1. The summed E-state index contributed by atoms with van der Waals surface area (Å²) in [5.74, 6) is 0.329. The first kappa shape index (κ1) is 18.9. The summed E-state index contributed by atoms with van der Waals surface area (Å²) in [6.07, 6.45) is 5.01. The van der Waals surface area contributed by atoms with Crippen LogP contribution in [0.15, 0.2) is 36.5 Å². The molecular formula is C21H28FN5O. The number of carbonyl (C=O) groups is 1. The second-order valence-electron chi connectivity index (χ2n) is 7.65. The van der Waals surface area contributed by atoms with Gasteiger partial charge in [0.25, 0.3) is 0 Å². The standard InChI is InChI=1S/C21H28FN5O/c22-18-4-6-19(7-5-18)25-11-2-12-26(14-13-25)21(28)16-27-20(8-10-24-27)17-3-1-9-23-15-17/h4-8,10,17,23H,1-3,9,11-16H2. The zero-order valence-corrected chi connectivity index (χ0v) is 16.2. The first-order chi connectivity index (χ1) is 13.7. The summed E-state index contributed by atoms with van der Waals surface area (Å²) < 4.78 is 15.0. The Bertz CT molecular complexity index is 784. The summed E-state index contributed by atoms with van der Waals surface area (Å²) in [5.41, 5.74) is 2.16. The molecule has 0 bridgehead atoms. The van der Waals surface area contributed by atoms with Crippen LogP contribution >= 0.6 is 0 Å². The maximum absolute atomic E-state index is 13.2. The summed E-state index contributed by atoms with van der Waals surface area (Å²) in [7, 11) is 0. The fraction of sp³-hybridized carbons (Fsp3) is 0.524. The zero-order valence-electron chi connectivity index (χ0n) is 16.2. The molecule has 150 valence electrons. The highest BCUT2D eigenvalue weighted by atomic mass is 19.1. The van der Waals surface area contributed by atoms with Crippen LogP contribution in [0.25, 0.3) is 0 Å². The Labute approximate surface area is 165 Å². The first-order valence-corrected chi connectivity index (χ1v) is 10.2. The quantitative estimate of drug-likeness (QED) is 0.877. The first-order valence-electron chi connectivity index (χ1n) is 10.2. The number of hydrogen-bond acceptors (Lipinski definition) is 4. The van der Waals surface area contributed by atoms with Crippen LogP contribution in [0, 0.1) is 5.82 Å². The summed E-state index contributed by atoms with van der Waals surface area (Å²) >= 11 is 0. The maximum Gasteiger partial charge on any atom is 0.244 e. The van der Waals surface area contributed by atoms with E-state index in [1.807, 2.05) is 15.6 Å². The van der Waals surface area contributed by atoms with Crippen LogP contribution in [0.1, 0.15) is 30.9 Å². The molecule has 1 atom stereocenters. The number of piperidine rings is 1. The van der Waals surface area contributed by atoms with E-state index in [4.69, 9.17) is 0 Å². The summed E-state index contributed by atoms with van der Waals surface area (Å²) in [6, 6.07) is 8.64. The molecule has 0 spiro atoms. The van der Waals surface area contributed by atoms with Crippen molar-refractivity contribution in [3.63, 3.8) is 0 Å². The molecule has 0 saturated carbocycles. The molecule has 4 rings (SSSR count). The van der Waals surface area contributed by atoms with Gasteiger partial charge < -0.3 is 15.1 Å². The number of nitrogens with zero attached hydrogens (tertiary/aromatic N) is 4. The van der Waals surface area contributed by atoms with Crippen molar-refractivity contribution >= 4 is 11.6 Å². The molecule has 1 N–H and O–H groups in total. The monoisotopic (exact) mass is 385 g/mol. The molecule has 28 heavy (non-hydrogen) atoms. The molecule has 1 amide bonds. The number of nitrogens with one attached hydrogen (secondary N) is 1. The third kappa shape index (κ3) is 4.35. The molecule has 2 aliphatic heterocycles. The van der Waals surface area contributed by atoms with Crippen molar-refractivity contribution < 1.29 is 9.18 Å². The van der Waals surface area contributed by atoms with Gasteiger partial charge in [0.2, 0.25) is 5.91 Å². The van der Waals surface area contributed by atoms with E-state index in [9.17, 15) is 9.18 Å². The van der Waals surface area contributed by atoms with Gasteiger partial charge in [0.1, 0.15) is 12.4 Å². The lowest BCUT2D eigenvalue weighted by molar-refractivity contribution is -0.131. The fourth-order valence-electron chi connectivity index (χ4n) is 4.23. The Morgan fingerprint density at radius 1 is 1.11 bits per heavy atom. The molecule has 1 aromatic carbocycles. The zero-order chi connectivity index (χ0) is 19.3. The van der Waals surface area contributed by atoms with Gasteiger partial charge in [-0.05, 0) is 56.1 Å². The topological polar surface area (TPSA) is 53.4 Å². The smallest absolute Gasteiger partial charge is 0.244 e. The number of rotatable bonds is 4. The normalized spacial score (nSPS) is 20.8. The molecule has 1 aromatic heterocycles. The predicted molar refractivity (Wildman–Crippen MR) is 107 cm³/mol. The Morgan fingerprint density at radius 2 is 1.96 bits per heavy atom.